The molecular weight excluding hydrogens is 388 g/mol. The minimum atomic E-state index is -0.930. The molecule has 0 saturated carbocycles. The Morgan fingerprint density at radius 3 is 2.10 bits per heavy atom. The molecule has 0 spiro atoms. The molecule has 162 valence electrons. The first-order chi connectivity index (χ1) is 15.2. The van der Waals surface area contributed by atoms with Crippen molar-refractivity contribution in [3.05, 3.63) is 90.0 Å². The fourth-order valence-electron chi connectivity index (χ4n) is 3.50. The number of ether oxygens (including phenoxy) is 2. The summed E-state index contributed by atoms with van der Waals surface area (Å²) >= 11 is 0. The van der Waals surface area contributed by atoms with Gasteiger partial charge in [-0.2, -0.15) is 0 Å². The summed E-state index contributed by atoms with van der Waals surface area (Å²) < 4.78 is 10.9. The van der Waals surface area contributed by atoms with Crippen LogP contribution in [0.1, 0.15) is 30.4 Å². The van der Waals surface area contributed by atoms with Crippen molar-refractivity contribution in [2.24, 2.45) is 0 Å². The lowest BCUT2D eigenvalue weighted by molar-refractivity contribution is -0.148. The minimum Gasteiger partial charge on any atom is -0.494 e. The summed E-state index contributed by atoms with van der Waals surface area (Å²) in [5, 5.41) is 9.07. The molecule has 3 aromatic carbocycles. The molecule has 0 bridgehead atoms. The summed E-state index contributed by atoms with van der Waals surface area (Å²) in [6.07, 6.45) is 3.83. The summed E-state index contributed by atoms with van der Waals surface area (Å²) in [6.45, 7) is 0.719. The van der Waals surface area contributed by atoms with Crippen molar-refractivity contribution >= 4 is 5.97 Å². The molecule has 0 fully saturated rings. The molecule has 31 heavy (non-hydrogen) atoms. The number of aliphatic carboxylic acids is 1. The Morgan fingerprint density at radius 2 is 1.45 bits per heavy atom. The topological polar surface area (TPSA) is 55.8 Å². The highest BCUT2D eigenvalue weighted by Crippen LogP contribution is 2.22. The van der Waals surface area contributed by atoms with Crippen LogP contribution in [0.5, 0.6) is 5.75 Å². The van der Waals surface area contributed by atoms with Gasteiger partial charge in [0.25, 0.3) is 0 Å². The molecule has 1 atom stereocenters. The highest BCUT2D eigenvalue weighted by Gasteiger charge is 2.16. The molecule has 3 rings (SSSR count). The summed E-state index contributed by atoms with van der Waals surface area (Å²) in [5.74, 6) is -0.0214. The predicted octanol–water partition coefficient (Wildman–Crippen LogP) is 5.79. The molecule has 0 unspecified atom stereocenters. The Kier molecular flexibility index (Phi) is 8.68. The smallest absolute Gasteiger partial charge is 0.333 e. The number of carbonyl (C=O) groups is 1. The predicted molar refractivity (Wildman–Crippen MR) is 124 cm³/mol. The van der Waals surface area contributed by atoms with Gasteiger partial charge in [0.05, 0.1) is 6.61 Å². The molecule has 0 aliphatic heterocycles. The van der Waals surface area contributed by atoms with Gasteiger partial charge in [0.15, 0.2) is 6.10 Å². The van der Waals surface area contributed by atoms with Gasteiger partial charge in [-0.3, -0.25) is 0 Å². The number of hydrogen-bond donors (Lipinski definition) is 1. The highest BCUT2D eigenvalue weighted by molar-refractivity contribution is 5.72. The van der Waals surface area contributed by atoms with Gasteiger partial charge >= 0.3 is 5.97 Å². The van der Waals surface area contributed by atoms with Gasteiger partial charge in [-0.05, 0) is 60.1 Å². The van der Waals surface area contributed by atoms with Crippen LogP contribution in [0.25, 0.3) is 11.1 Å². The van der Waals surface area contributed by atoms with E-state index < -0.39 is 12.1 Å². The van der Waals surface area contributed by atoms with Crippen LogP contribution in [0.15, 0.2) is 78.9 Å². The minimum absolute atomic E-state index is 0.385. The Morgan fingerprint density at radius 1 is 0.806 bits per heavy atom. The number of rotatable bonds is 12. The average molecular weight is 419 g/mol. The van der Waals surface area contributed by atoms with Crippen molar-refractivity contribution < 1.29 is 19.4 Å². The lowest BCUT2D eigenvalue weighted by atomic mass is 10.0. The van der Waals surface area contributed by atoms with E-state index in [1.807, 2.05) is 42.5 Å². The normalized spacial score (nSPS) is 11.8. The largest absolute Gasteiger partial charge is 0.494 e. The molecule has 0 aliphatic rings. The maximum atomic E-state index is 11.1. The van der Waals surface area contributed by atoms with Gasteiger partial charge in [-0.15, -0.1) is 0 Å². The Bertz CT molecular complexity index is 918. The Labute approximate surface area is 184 Å². The molecule has 0 aliphatic carbocycles. The number of aryl methyl sites for hydroxylation is 1. The number of carboxylic acid groups (broad SMARTS) is 1. The number of hydrogen-bond acceptors (Lipinski definition) is 3. The van der Waals surface area contributed by atoms with E-state index in [0.717, 1.165) is 43.6 Å². The quantitative estimate of drug-likeness (QED) is 0.378. The van der Waals surface area contributed by atoms with Gasteiger partial charge in [-0.1, -0.05) is 66.7 Å². The highest BCUT2D eigenvalue weighted by atomic mass is 16.5. The van der Waals surface area contributed by atoms with Crippen molar-refractivity contribution in [3.8, 4) is 16.9 Å². The van der Waals surface area contributed by atoms with Crippen molar-refractivity contribution in [2.75, 3.05) is 13.7 Å². The number of methoxy groups -OCH3 is 1. The fraction of sp³-hybridized carbons (Fsp3) is 0.296. The third kappa shape index (κ3) is 7.26. The number of carboxylic acids is 1. The second kappa shape index (κ2) is 11.9. The van der Waals surface area contributed by atoms with Gasteiger partial charge in [0, 0.05) is 13.5 Å². The fourth-order valence-corrected chi connectivity index (χ4v) is 3.50. The van der Waals surface area contributed by atoms with E-state index in [2.05, 4.69) is 36.4 Å². The maximum absolute atomic E-state index is 11.1. The molecule has 0 radical (unpaired) electrons. The molecule has 1 N–H and O–H groups in total. The number of benzene rings is 3. The summed E-state index contributed by atoms with van der Waals surface area (Å²) in [4.78, 5) is 11.1. The van der Waals surface area contributed by atoms with E-state index in [1.165, 1.54) is 23.8 Å². The molecule has 4 heteroatoms. The van der Waals surface area contributed by atoms with Crippen LogP contribution in [-0.4, -0.2) is 30.9 Å². The van der Waals surface area contributed by atoms with Crippen LogP contribution in [0, 0.1) is 0 Å². The first-order valence-electron chi connectivity index (χ1n) is 10.8. The van der Waals surface area contributed by atoms with Gasteiger partial charge in [-0.25, -0.2) is 4.79 Å². The van der Waals surface area contributed by atoms with E-state index in [4.69, 9.17) is 14.6 Å². The van der Waals surface area contributed by atoms with Gasteiger partial charge < -0.3 is 14.6 Å². The molecule has 4 nitrogen and oxygen atoms in total. The van der Waals surface area contributed by atoms with Crippen LogP contribution in [0.2, 0.25) is 0 Å². The van der Waals surface area contributed by atoms with E-state index in [9.17, 15) is 4.79 Å². The molecular formula is C27H30O4. The molecule has 0 heterocycles. The second-order valence-corrected chi connectivity index (χ2v) is 7.63. The standard InChI is InChI=1S/C27H30O4/c1-30-26(27(28)29)20-22-13-11-21(12-14-22)8-4-3-7-19-31-25-17-15-24(16-18-25)23-9-5-2-6-10-23/h2,5-6,9-18,26H,3-4,7-8,19-20H2,1H3,(H,28,29)/t26-/m0/s1. The number of unbranched alkanes of at least 4 members (excludes halogenated alkanes) is 2. The monoisotopic (exact) mass is 418 g/mol. The van der Waals surface area contributed by atoms with Crippen molar-refractivity contribution in [2.45, 2.75) is 38.2 Å². The van der Waals surface area contributed by atoms with Crippen molar-refractivity contribution in [1.82, 2.24) is 0 Å². The van der Waals surface area contributed by atoms with Crippen LogP contribution >= 0.6 is 0 Å². The third-order valence-corrected chi connectivity index (χ3v) is 5.34. The maximum Gasteiger partial charge on any atom is 0.333 e. The summed E-state index contributed by atoms with van der Waals surface area (Å²) in [5.41, 5.74) is 4.65. The molecule has 0 aromatic heterocycles. The Balaban J connectivity index is 1.33. The first kappa shape index (κ1) is 22.6. The summed E-state index contributed by atoms with van der Waals surface area (Å²) in [6, 6.07) is 26.7. The molecule has 3 aromatic rings. The second-order valence-electron chi connectivity index (χ2n) is 7.63. The van der Waals surface area contributed by atoms with Crippen LogP contribution < -0.4 is 4.74 Å². The van der Waals surface area contributed by atoms with Crippen molar-refractivity contribution in [3.63, 3.8) is 0 Å². The van der Waals surface area contributed by atoms with E-state index in [-0.39, 0.29) is 0 Å². The zero-order chi connectivity index (χ0) is 21.9. The van der Waals surface area contributed by atoms with Crippen LogP contribution in [-0.2, 0) is 22.4 Å². The van der Waals surface area contributed by atoms with Gasteiger partial charge in [0.1, 0.15) is 5.75 Å². The van der Waals surface area contributed by atoms with E-state index >= 15 is 0 Å². The Hall–Kier alpha value is -3.11. The zero-order valence-corrected chi connectivity index (χ0v) is 18.0. The lowest BCUT2D eigenvalue weighted by Crippen LogP contribution is -2.24. The third-order valence-electron chi connectivity index (χ3n) is 5.34. The van der Waals surface area contributed by atoms with Crippen LogP contribution in [0.4, 0.5) is 0 Å². The molecule has 0 saturated heterocycles. The summed E-state index contributed by atoms with van der Waals surface area (Å²) in [7, 11) is 1.43. The van der Waals surface area contributed by atoms with Gasteiger partial charge in [0.2, 0.25) is 0 Å². The lowest BCUT2D eigenvalue weighted by Gasteiger charge is -2.11. The van der Waals surface area contributed by atoms with E-state index in [0.29, 0.717) is 6.42 Å². The SMILES string of the molecule is CO[C@@H](Cc1ccc(CCCCCOc2ccc(-c3ccccc3)cc2)cc1)C(=O)O. The molecule has 0 amide bonds. The average Bonchev–Trinajstić information content (AvgIpc) is 2.81. The van der Waals surface area contributed by atoms with Crippen molar-refractivity contribution in [1.29, 1.82) is 0 Å². The van der Waals surface area contributed by atoms with E-state index in [1.54, 1.807) is 0 Å². The first-order valence-corrected chi connectivity index (χ1v) is 10.8. The zero-order valence-electron chi connectivity index (χ0n) is 18.0. The van der Waals surface area contributed by atoms with Crippen LogP contribution in [0.3, 0.4) is 0 Å².